The van der Waals surface area contributed by atoms with E-state index in [9.17, 15) is 18.0 Å². The van der Waals surface area contributed by atoms with Gasteiger partial charge in [-0.25, -0.2) is 8.42 Å². The molecule has 1 atom stereocenters. The minimum absolute atomic E-state index is 0.00429. The van der Waals surface area contributed by atoms with Crippen molar-refractivity contribution in [3.05, 3.63) is 125 Å². The van der Waals surface area contributed by atoms with E-state index >= 15 is 0 Å². The Morgan fingerprint density at radius 3 is 2.26 bits per heavy atom. The number of sulfonamides is 1. The molecule has 0 heterocycles. The summed E-state index contributed by atoms with van der Waals surface area (Å²) in [6.45, 7) is 1.39. The summed E-state index contributed by atoms with van der Waals surface area (Å²) >= 11 is 6.08. The van der Waals surface area contributed by atoms with Crippen molar-refractivity contribution in [1.82, 2.24) is 10.2 Å². The average Bonchev–Trinajstić information content (AvgIpc) is 3.59. The molecule has 1 N–H and O–H groups in total. The maximum atomic E-state index is 14.7. The molecule has 0 saturated heterocycles. The van der Waals surface area contributed by atoms with Gasteiger partial charge in [0.2, 0.25) is 11.8 Å². The molecule has 2 amide bonds. The summed E-state index contributed by atoms with van der Waals surface area (Å²) in [6, 6.07) is 28.8. The molecule has 0 spiro atoms. The van der Waals surface area contributed by atoms with Gasteiger partial charge in [-0.2, -0.15) is 0 Å². The van der Waals surface area contributed by atoms with Gasteiger partial charge in [-0.15, -0.1) is 0 Å². The van der Waals surface area contributed by atoms with Gasteiger partial charge in [-0.1, -0.05) is 79.0 Å². The van der Waals surface area contributed by atoms with Crippen LogP contribution >= 0.6 is 11.6 Å². The maximum Gasteiger partial charge on any atom is 0.264 e. The predicted molar refractivity (Wildman–Crippen MR) is 185 cm³/mol. The molecule has 0 aliphatic heterocycles. The number of nitrogens with zero attached hydrogens (tertiary/aromatic N) is 2. The Bertz CT molecular complexity index is 1780. The molecule has 8 nitrogen and oxygen atoms in total. The number of halogens is 1. The van der Waals surface area contributed by atoms with E-state index in [4.69, 9.17) is 16.3 Å². The molecule has 1 aliphatic carbocycles. The number of carbonyl (C=O) groups excluding carboxylic acids is 2. The van der Waals surface area contributed by atoms with E-state index in [1.165, 1.54) is 29.2 Å². The summed E-state index contributed by atoms with van der Waals surface area (Å²) in [6.07, 6.45) is 4.09. The van der Waals surface area contributed by atoms with Crippen molar-refractivity contribution in [2.45, 2.75) is 62.6 Å². The highest BCUT2D eigenvalue weighted by molar-refractivity contribution is 7.92. The monoisotopic (exact) mass is 673 g/mol. The quantitative estimate of drug-likeness (QED) is 0.174. The number of anilines is 1. The second-order valence-corrected chi connectivity index (χ2v) is 14.2. The zero-order valence-corrected chi connectivity index (χ0v) is 28.2. The van der Waals surface area contributed by atoms with Crippen LogP contribution in [-0.2, 0) is 32.6 Å². The molecule has 0 aromatic heterocycles. The third-order valence-electron chi connectivity index (χ3n) is 8.43. The van der Waals surface area contributed by atoms with Gasteiger partial charge in [0.1, 0.15) is 18.3 Å². The smallest absolute Gasteiger partial charge is 0.264 e. The number of ether oxygens (including phenoxy) is 1. The Balaban J connectivity index is 1.57. The van der Waals surface area contributed by atoms with Crippen LogP contribution in [0.2, 0.25) is 5.02 Å². The van der Waals surface area contributed by atoms with Crippen LogP contribution in [0.4, 0.5) is 5.69 Å². The minimum atomic E-state index is -4.22. The third kappa shape index (κ3) is 8.73. The van der Waals surface area contributed by atoms with Crippen LogP contribution in [-0.4, -0.2) is 50.9 Å². The number of hydrogen-bond donors (Lipinski definition) is 1. The number of aryl methyl sites for hydroxylation is 1. The highest BCUT2D eigenvalue weighted by atomic mass is 35.5. The topological polar surface area (TPSA) is 96.0 Å². The predicted octanol–water partition coefficient (Wildman–Crippen LogP) is 6.55. The summed E-state index contributed by atoms with van der Waals surface area (Å²) in [5.41, 5.74) is 2.79. The first-order valence-electron chi connectivity index (χ1n) is 15.8. The Morgan fingerprint density at radius 2 is 1.57 bits per heavy atom. The largest absolute Gasteiger partial charge is 0.497 e. The first kappa shape index (κ1) is 34.0. The fourth-order valence-corrected chi connectivity index (χ4v) is 7.47. The molecule has 0 radical (unpaired) electrons. The van der Waals surface area contributed by atoms with Crippen LogP contribution in [0.1, 0.15) is 42.4 Å². The van der Waals surface area contributed by atoms with Crippen molar-refractivity contribution >= 4 is 39.1 Å². The van der Waals surface area contributed by atoms with Gasteiger partial charge in [0.15, 0.2) is 0 Å². The summed E-state index contributed by atoms with van der Waals surface area (Å²) < 4.78 is 34.9. The second-order valence-electron chi connectivity index (χ2n) is 11.9. The Kier molecular flexibility index (Phi) is 11.2. The van der Waals surface area contributed by atoms with Crippen LogP contribution in [0.3, 0.4) is 0 Å². The van der Waals surface area contributed by atoms with E-state index in [2.05, 4.69) is 5.32 Å². The molecular weight excluding hydrogens is 634 g/mol. The minimum Gasteiger partial charge on any atom is -0.497 e. The van der Waals surface area contributed by atoms with E-state index in [-0.39, 0.29) is 29.8 Å². The number of methoxy groups -OCH3 is 1. The normalized spacial score (nSPS) is 13.9. The van der Waals surface area contributed by atoms with Crippen LogP contribution < -0.4 is 14.4 Å². The van der Waals surface area contributed by atoms with E-state index in [0.29, 0.717) is 16.5 Å². The second kappa shape index (κ2) is 15.5. The van der Waals surface area contributed by atoms with Gasteiger partial charge in [-0.3, -0.25) is 13.9 Å². The highest BCUT2D eigenvalue weighted by Gasteiger charge is 2.35. The lowest BCUT2D eigenvalue weighted by molar-refractivity contribution is -0.140. The lowest BCUT2D eigenvalue weighted by Crippen LogP contribution is -2.54. The summed E-state index contributed by atoms with van der Waals surface area (Å²) in [4.78, 5) is 30.3. The van der Waals surface area contributed by atoms with E-state index in [1.807, 2.05) is 67.6 Å². The number of benzene rings is 4. The fourth-order valence-electron chi connectivity index (χ4n) is 5.93. The zero-order valence-electron chi connectivity index (χ0n) is 26.6. The maximum absolute atomic E-state index is 14.7. The molecular formula is C37H40ClN3O5S. The van der Waals surface area contributed by atoms with Gasteiger partial charge in [0.05, 0.1) is 17.7 Å². The standard InChI is InChI=1S/C37H40ClN3O5S/c1-27-10-8-16-32(22-27)41(47(44,45)34-20-18-30(38)19-21-34)26-36(42)40(25-29-13-9-17-33(23-29)46-2)35(24-28-11-4-3-5-12-28)37(43)39-31-14-6-7-15-31/h3-5,8-13,16-23,31,35H,6-7,14-15,24-26H2,1-2H3,(H,39,43). The fraction of sp³-hybridized carbons (Fsp3) is 0.297. The number of hydrogen-bond acceptors (Lipinski definition) is 5. The molecule has 47 heavy (non-hydrogen) atoms. The number of nitrogens with one attached hydrogen (secondary N) is 1. The lowest BCUT2D eigenvalue weighted by Gasteiger charge is -2.34. The van der Waals surface area contributed by atoms with Gasteiger partial charge < -0.3 is 15.0 Å². The van der Waals surface area contributed by atoms with Crippen LogP contribution in [0.5, 0.6) is 5.75 Å². The first-order chi connectivity index (χ1) is 22.6. The molecule has 4 aromatic carbocycles. The van der Waals surface area contributed by atoms with E-state index in [1.54, 1.807) is 25.3 Å². The van der Waals surface area contributed by atoms with E-state index < -0.39 is 28.5 Å². The molecule has 1 aliphatic rings. The molecule has 4 aromatic rings. The average molecular weight is 674 g/mol. The van der Waals surface area contributed by atoms with Crippen LogP contribution in [0.15, 0.2) is 108 Å². The van der Waals surface area contributed by atoms with Crippen molar-refractivity contribution in [2.24, 2.45) is 0 Å². The summed E-state index contributed by atoms with van der Waals surface area (Å²) in [5, 5.41) is 3.59. The lowest BCUT2D eigenvalue weighted by atomic mass is 10.0. The number of carbonyl (C=O) groups is 2. The molecule has 10 heteroatoms. The van der Waals surface area contributed by atoms with Gasteiger partial charge >= 0.3 is 0 Å². The Labute approximate surface area is 282 Å². The van der Waals surface area contributed by atoms with Crippen LogP contribution in [0, 0.1) is 6.92 Å². The van der Waals surface area contributed by atoms with Crippen molar-refractivity contribution in [3.8, 4) is 5.75 Å². The molecule has 1 unspecified atom stereocenters. The van der Waals surface area contributed by atoms with Crippen molar-refractivity contribution < 1.29 is 22.7 Å². The third-order valence-corrected chi connectivity index (χ3v) is 10.5. The summed E-state index contributed by atoms with van der Waals surface area (Å²) in [7, 11) is -2.65. The highest BCUT2D eigenvalue weighted by Crippen LogP contribution is 2.27. The first-order valence-corrected chi connectivity index (χ1v) is 17.6. The van der Waals surface area contributed by atoms with Gasteiger partial charge in [0.25, 0.3) is 10.0 Å². The molecule has 1 saturated carbocycles. The molecule has 1 fully saturated rings. The van der Waals surface area contributed by atoms with Crippen LogP contribution in [0.25, 0.3) is 0 Å². The number of amides is 2. The van der Waals surface area contributed by atoms with Gasteiger partial charge in [0, 0.05) is 24.0 Å². The van der Waals surface area contributed by atoms with Crippen molar-refractivity contribution in [3.63, 3.8) is 0 Å². The number of rotatable bonds is 13. The molecule has 5 rings (SSSR count). The van der Waals surface area contributed by atoms with Crippen molar-refractivity contribution in [1.29, 1.82) is 0 Å². The van der Waals surface area contributed by atoms with Crippen molar-refractivity contribution in [2.75, 3.05) is 18.0 Å². The zero-order chi connectivity index (χ0) is 33.4. The Hall–Kier alpha value is -4.34. The molecule has 0 bridgehead atoms. The molecule has 246 valence electrons. The van der Waals surface area contributed by atoms with Gasteiger partial charge in [-0.05, 0) is 85.0 Å². The summed E-state index contributed by atoms with van der Waals surface area (Å²) in [5.74, 6) is -0.175. The Morgan fingerprint density at radius 1 is 0.894 bits per heavy atom. The van der Waals surface area contributed by atoms with E-state index in [0.717, 1.165) is 46.7 Å². The SMILES string of the molecule is COc1cccc(CN(C(=O)CN(c2cccc(C)c2)S(=O)(=O)c2ccc(Cl)cc2)C(Cc2ccccc2)C(=O)NC2CCCC2)c1.